The number of hydrogen-bond donors (Lipinski definition) is 0. The van der Waals surface area contributed by atoms with Crippen LogP contribution in [0.15, 0.2) is 22.7 Å². The fraction of sp³-hybridized carbons (Fsp3) is 0.143. The second-order valence-electron chi connectivity index (χ2n) is 1.87. The number of alkyl halides is 1. The maximum atomic E-state index is 5.65. The molecule has 0 saturated heterocycles. The summed E-state index contributed by atoms with van der Waals surface area (Å²) in [6.45, 7) is 0. The van der Waals surface area contributed by atoms with Gasteiger partial charge in [-0.15, -0.1) is 11.6 Å². The van der Waals surface area contributed by atoms with E-state index >= 15 is 0 Å². The van der Waals surface area contributed by atoms with Crippen LogP contribution >= 0.6 is 50.1 Å². The number of rotatable bonds is 1. The molecular formula is C7H5BrClI. The van der Waals surface area contributed by atoms with E-state index in [2.05, 4.69) is 44.6 Å². The van der Waals surface area contributed by atoms with Crippen LogP contribution in [0.5, 0.6) is 0 Å². The molecule has 0 spiro atoms. The first-order chi connectivity index (χ1) is 4.74. The van der Waals surface area contributed by atoms with Gasteiger partial charge in [0.25, 0.3) is 0 Å². The lowest BCUT2D eigenvalue weighted by Gasteiger charge is -1.98. The van der Waals surface area contributed by atoms with Crippen molar-refractivity contribution in [3.8, 4) is 0 Å². The molecule has 10 heavy (non-hydrogen) atoms. The number of hydrogen-bond acceptors (Lipinski definition) is 0. The molecule has 0 heterocycles. The summed E-state index contributed by atoms with van der Waals surface area (Å²) in [4.78, 5) is 0. The third kappa shape index (κ3) is 2.10. The molecule has 1 rings (SSSR count). The predicted octanol–water partition coefficient (Wildman–Crippen LogP) is 3.79. The Balaban J connectivity index is 3.07. The van der Waals surface area contributed by atoms with E-state index in [1.165, 1.54) is 3.57 Å². The van der Waals surface area contributed by atoms with Crippen molar-refractivity contribution in [1.82, 2.24) is 0 Å². The van der Waals surface area contributed by atoms with Crippen molar-refractivity contribution in [2.45, 2.75) is 5.88 Å². The Bertz CT molecular complexity index is 237. The quantitative estimate of drug-likeness (QED) is 0.542. The van der Waals surface area contributed by atoms with Gasteiger partial charge < -0.3 is 0 Å². The smallest absolute Gasteiger partial charge is 0.0485 e. The number of halogens is 3. The molecule has 1 aromatic carbocycles. The van der Waals surface area contributed by atoms with Crippen molar-refractivity contribution < 1.29 is 0 Å². The maximum Gasteiger partial charge on any atom is 0.0485 e. The van der Waals surface area contributed by atoms with Crippen molar-refractivity contribution >= 4 is 50.1 Å². The van der Waals surface area contributed by atoms with Gasteiger partial charge in [-0.05, 0) is 40.3 Å². The Labute approximate surface area is 87.2 Å². The summed E-state index contributed by atoms with van der Waals surface area (Å²) >= 11 is 11.3. The average Bonchev–Trinajstić information content (AvgIpc) is 1.88. The number of benzene rings is 1. The molecule has 0 aromatic heterocycles. The van der Waals surface area contributed by atoms with Gasteiger partial charge in [0.1, 0.15) is 0 Å². The lowest BCUT2D eigenvalue weighted by molar-refractivity contribution is 1.36. The van der Waals surface area contributed by atoms with Crippen LogP contribution in [0.2, 0.25) is 0 Å². The summed E-state index contributed by atoms with van der Waals surface area (Å²) < 4.78 is 2.31. The van der Waals surface area contributed by atoms with E-state index in [-0.39, 0.29) is 0 Å². The Kier molecular flexibility index (Phi) is 3.46. The van der Waals surface area contributed by atoms with E-state index in [9.17, 15) is 0 Å². The van der Waals surface area contributed by atoms with Crippen LogP contribution in [-0.4, -0.2) is 0 Å². The van der Waals surface area contributed by atoms with Crippen molar-refractivity contribution in [3.05, 3.63) is 31.8 Å². The molecule has 0 N–H and O–H groups in total. The Hall–Kier alpha value is 0.720. The Morgan fingerprint density at radius 1 is 1.50 bits per heavy atom. The van der Waals surface area contributed by atoms with E-state index < -0.39 is 0 Å². The normalized spacial score (nSPS) is 9.90. The summed E-state index contributed by atoms with van der Waals surface area (Å²) in [5.41, 5.74) is 1.14. The zero-order valence-electron chi connectivity index (χ0n) is 5.07. The van der Waals surface area contributed by atoms with Gasteiger partial charge in [0, 0.05) is 13.9 Å². The monoisotopic (exact) mass is 330 g/mol. The van der Waals surface area contributed by atoms with Gasteiger partial charge in [0.15, 0.2) is 0 Å². The minimum Gasteiger partial charge on any atom is -0.122 e. The molecule has 1 aromatic rings. The van der Waals surface area contributed by atoms with Crippen LogP contribution in [0.4, 0.5) is 0 Å². The molecule has 0 aliphatic heterocycles. The fourth-order valence-corrected chi connectivity index (χ4v) is 2.46. The van der Waals surface area contributed by atoms with Crippen molar-refractivity contribution in [1.29, 1.82) is 0 Å². The fourth-order valence-electron chi connectivity index (χ4n) is 0.630. The highest BCUT2D eigenvalue weighted by atomic mass is 127. The minimum absolute atomic E-state index is 0.567. The molecule has 0 fully saturated rings. The first-order valence-corrected chi connectivity index (χ1v) is 5.14. The van der Waals surface area contributed by atoms with Gasteiger partial charge >= 0.3 is 0 Å². The van der Waals surface area contributed by atoms with Crippen molar-refractivity contribution in [3.63, 3.8) is 0 Å². The molecule has 0 radical (unpaired) electrons. The van der Waals surface area contributed by atoms with Gasteiger partial charge in [0.2, 0.25) is 0 Å². The average molecular weight is 331 g/mol. The van der Waals surface area contributed by atoms with Gasteiger partial charge in [-0.25, -0.2) is 0 Å². The van der Waals surface area contributed by atoms with Gasteiger partial charge in [-0.2, -0.15) is 0 Å². The highest BCUT2D eigenvalue weighted by Crippen LogP contribution is 2.20. The zero-order chi connectivity index (χ0) is 7.56. The van der Waals surface area contributed by atoms with Gasteiger partial charge in [-0.1, -0.05) is 22.0 Å². The van der Waals surface area contributed by atoms with Crippen LogP contribution in [0.1, 0.15) is 5.56 Å². The van der Waals surface area contributed by atoms with Crippen LogP contribution < -0.4 is 0 Å². The molecule has 3 heteroatoms. The van der Waals surface area contributed by atoms with Crippen LogP contribution in [-0.2, 0) is 5.88 Å². The summed E-state index contributed by atoms with van der Waals surface area (Å²) in [6.07, 6.45) is 0. The largest absolute Gasteiger partial charge is 0.122 e. The summed E-state index contributed by atoms with van der Waals surface area (Å²) in [5.74, 6) is 0.567. The topological polar surface area (TPSA) is 0 Å². The summed E-state index contributed by atoms with van der Waals surface area (Å²) in [7, 11) is 0. The molecule has 0 atom stereocenters. The molecule has 0 unspecified atom stereocenters. The van der Waals surface area contributed by atoms with E-state index in [4.69, 9.17) is 11.6 Å². The first-order valence-electron chi connectivity index (χ1n) is 2.74. The van der Waals surface area contributed by atoms with E-state index in [0.717, 1.165) is 10.0 Å². The lowest BCUT2D eigenvalue weighted by Crippen LogP contribution is -1.80. The predicted molar refractivity (Wildman–Crippen MR) is 56.4 cm³/mol. The van der Waals surface area contributed by atoms with Crippen LogP contribution in [0.25, 0.3) is 0 Å². The molecule has 0 aliphatic carbocycles. The lowest BCUT2D eigenvalue weighted by atomic mass is 10.2. The van der Waals surface area contributed by atoms with E-state index in [1.807, 2.05) is 12.1 Å². The summed E-state index contributed by atoms with van der Waals surface area (Å²) in [5, 5.41) is 0. The molecule has 0 saturated carbocycles. The van der Waals surface area contributed by atoms with E-state index in [0.29, 0.717) is 5.88 Å². The second kappa shape index (κ2) is 3.93. The van der Waals surface area contributed by atoms with Gasteiger partial charge in [0.05, 0.1) is 0 Å². The SMILES string of the molecule is ClCc1ccc(I)cc1Br. The zero-order valence-corrected chi connectivity index (χ0v) is 9.57. The van der Waals surface area contributed by atoms with Crippen LogP contribution in [0.3, 0.4) is 0 Å². The Morgan fingerprint density at radius 2 is 2.20 bits per heavy atom. The van der Waals surface area contributed by atoms with Gasteiger partial charge in [-0.3, -0.25) is 0 Å². The molecule has 0 amide bonds. The molecular weight excluding hydrogens is 326 g/mol. The third-order valence-corrected chi connectivity index (χ3v) is 2.86. The maximum absolute atomic E-state index is 5.65. The molecule has 54 valence electrons. The standard InChI is InChI=1S/C7H5BrClI/c8-7-3-6(10)2-1-5(7)4-9/h1-3H,4H2. The highest BCUT2D eigenvalue weighted by Gasteiger charge is 1.96. The minimum atomic E-state index is 0.567. The van der Waals surface area contributed by atoms with Crippen molar-refractivity contribution in [2.24, 2.45) is 0 Å². The Morgan fingerprint density at radius 3 is 2.70 bits per heavy atom. The third-order valence-electron chi connectivity index (χ3n) is 1.16. The first kappa shape index (κ1) is 8.81. The highest BCUT2D eigenvalue weighted by molar-refractivity contribution is 14.1. The molecule has 0 aliphatic rings. The second-order valence-corrected chi connectivity index (χ2v) is 4.24. The summed E-state index contributed by atoms with van der Waals surface area (Å²) in [6, 6.07) is 6.13. The molecule has 0 bridgehead atoms. The molecule has 0 nitrogen and oxygen atoms in total. The van der Waals surface area contributed by atoms with E-state index in [1.54, 1.807) is 0 Å². The van der Waals surface area contributed by atoms with Crippen molar-refractivity contribution in [2.75, 3.05) is 0 Å². The van der Waals surface area contributed by atoms with Crippen LogP contribution in [0, 0.1) is 3.57 Å².